The number of rotatable bonds is 5. The van der Waals surface area contributed by atoms with Gasteiger partial charge in [-0.1, -0.05) is 40.9 Å². The maximum atomic E-state index is 10.7. The Kier molecular flexibility index (Phi) is 6.10. The lowest BCUT2D eigenvalue weighted by molar-refractivity contribution is -0.139. The Morgan fingerprint density at radius 1 is 1.17 bits per heavy atom. The van der Waals surface area contributed by atoms with E-state index in [1.165, 1.54) is 18.2 Å². The average molecular weight is 383 g/mol. The predicted octanol–water partition coefficient (Wildman–Crippen LogP) is 5.17. The zero-order valence-electron chi connectivity index (χ0n) is 12.1. The number of carbonyl (C=O) groups is 1. The summed E-state index contributed by atoms with van der Waals surface area (Å²) in [4.78, 5) is 10.7. The van der Waals surface area contributed by atoms with Gasteiger partial charge in [-0.15, -0.1) is 0 Å². The first kappa shape index (κ1) is 18.2. The number of carboxylic acid groups (broad SMARTS) is 1. The molecule has 7 heteroatoms. The zero-order valence-corrected chi connectivity index (χ0v) is 14.4. The van der Waals surface area contributed by atoms with Crippen LogP contribution in [0.3, 0.4) is 0 Å². The summed E-state index contributed by atoms with van der Waals surface area (Å²) in [5.41, 5.74) is 1.22. The first-order valence-electron chi connectivity index (χ1n) is 6.62. The molecule has 0 spiro atoms. The van der Waals surface area contributed by atoms with Crippen molar-refractivity contribution in [2.24, 2.45) is 0 Å². The summed E-state index contributed by atoms with van der Waals surface area (Å²) in [5.74, 6) is -0.819. The Hall–Kier alpha value is -2.19. The lowest BCUT2D eigenvalue weighted by Crippen LogP contribution is -2.10. The SMILES string of the molecule is N#C/C(=C\c1cc(Cl)ccc1OCC(=O)O)c1ccc(Cl)cc1Cl. The molecule has 0 fully saturated rings. The van der Waals surface area contributed by atoms with Gasteiger partial charge in [-0.2, -0.15) is 5.26 Å². The molecule has 122 valence electrons. The van der Waals surface area contributed by atoms with Crippen LogP contribution < -0.4 is 4.74 Å². The summed E-state index contributed by atoms with van der Waals surface area (Å²) in [6.45, 7) is -0.508. The lowest BCUT2D eigenvalue weighted by atomic mass is 10.0. The number of nitriles is 1. The smallest absolute Gasteiger partial charge is 0.341 e. The Morgan fingerprint density at radius 2 is 1.83 bits per heavy atom. The van der Waals surface area contributed by atoms with Gasteiger partial charge in [-0.25, -0.2) is 4.79 Å². The van der Waals surface area contributed by atoms with Gasteiger partial charge in [-0.3, -0.25) is 0 Å². The molecule has 2 aromatic carbocycles. The second-order valence-electron chi connectivity index (χ2n) is 4.66. The highest BCUT2D eigenvalue weighted by molar-refractivity contribution is 6.36. The molecule has 2 rings (SSSR count). The minimum atomic E-state index is -1.11. The van der Waals surface area contributed by atoms with Crippen molar-refractivity contribution in [1.29, 1.82) is 5.26 Å². The van der Waals surface area contributed by atoms with Gasteiger partial charge in [-0.05, 0) is 36.4 Å². The number of nitrogens with zero attached hydrogens (tertiary/aromatic N) is 1. The van der Waals surface area contributed by atoms with Crippen molar-refractivity contribution in [1.82, 2.24) is 0 Å². The van der Waals surface area contributed by atoms with E-state index in [1.54, 1.807) is 24.3 Å². The molecular formula is C17H10Cl3NO3. The molecule has 0 radical (unpaired) electrons. The van der Waals surface area contributed by atoms with Crippen LogP contribution in [0.1, 0.15) is 11.1 Å². The van der Waals surface area contributed by atoms with Crippen molar-refractivity contribution in [2.75, 3.05) is 6.61 Å². The number of allylic oxidation sites excluding steroid dienone is 1. The molecule has 0 aliphatic carbocycles. The zero-order chi connectivity index (χ0) is 17.7. The molecule has 1 N–H and O–H groups in total. The minimum absolute atomic E-state index is 0.263. The number of benzene rings is 2. The fraction of sp³-hybridized carbons (Fsp3) is 0.0588. The van der Waals surface area contributed by atoms with Crippen LogP contribution in [0.25, 0.3) is 11.6 Å². The summed E-state index contributed by atoms with van der Waals surface area (Å²) < 4.78 is 5.22. The second kappa shape index (κ2) is 8.07. The van der Waals surface area contributed by atoms with Crippen LogP contribution in [0, 0.1) is 11.3 Å². The number of hydrogen-bond donors (Lipinski definition) is 1. The standard InChI is InChI=1S/C17H10Cl3NO3/c18-12-2-4-16(24-9-17(22)23)10(6-12)5-11(8-21)14-3-1-13(19)7-15(14)20/h1-7H,9H2,(H,22,23)/b11-5+. The number of hydrogen-bond acceptors (Lipinski definition) is 3. The third-order valence-electron chi connectivity index (χ3n) is 2.96. The van der Waals surface area contributed by atoms with Crippen LogP contribution in [0.4, 0.5) is 0 Å². The summed E-state index contributed by atoms with van der Waals surface area (Å²) >= 11 is 18.0. The molecule has 0 unspecified atom stereocenters. The fourth-order valence-corrected chi connectivity index (χ4v) is 2.63. The van der Waals surface area contributed by atoms with Gasteiger partial charge in [0.25, 0.3) is 0 Å². The van der Waals surface area contributed by atoms with E-state index >= 15 is 0 Å². The summed E-state index contributed by atoms with van der Waals surface area (Å²) in [7, 11) is 0. The van der Waals surface area contributed by atoms with E-state index in [-0.39, 0.29) is 5.57 Å². The molecule has 0 saturated carbocycles. The molecule has 0 aliphatic heterocycles. The Bertz CT molecular complexity index is 857. The fourth-order valence-electron chi connectivity index (χ4n) is 1.94. The van der Waals surface area contributed by atoms with E-state index < -0.39 is 12.6 Å². The number of halogens is 3. The van der Waals surface area contributed by atoms with Crippen molar-refractivity contribution < 1.29 is 14.6 Å². The molecule has 0 aliphatic rings. The van der Waals surface area contributed by atoms with E-state index in [2.05, 4.69) is 6.07 Å². The van der Waals surface area contributed by atoms with E-state index in [0.29, 0.717) is 31.9 Å². The summed E-state index contributed by atoms with van der Waals surface area (Å²) in [5, 5.41) is 19.4. The van der Waals surface area contributed by atoms with Crippen LogP contribution >= 0.6 is 34.8 Å². The van der Waals surface area contributed by atoms with Crippen molar-refractivity contribution in [3.63, 3.8) is 0 Å². The second-order valence-corrected chi connectivity index (χ2v) is 5.94. The molecule has 2 aromatic rings. The van der Waals surface area contributed by atoms with Gasteiger partial charge in [0.15, 0.2) is 6.61 Å². The van der Waals surface area contributed by atoms with Crippen molar-refractivity contribution >= 4 is 52.4 Å². The molecule has 24 heavy (non-hydrogen) atoms. The highest BCUT2D eigenvalue weighted by atomic mass is 35.5. The van der Waals surface area contributed by atoms with Crippen LogP contribution in [-0.4, -0.2) is 17.7 Å². The molecular weight excluding hydrogens is 373 g/mol. The van der Waals surface area contributed by atoms with Crippen LogP contribution in [0.2, 0.25) is 15.1 Å². The molecule has 0 saturated heterocycles. The summed E-state index contributed by atoms with van der Waals surface area (Å²) in [6, 6.07) is 11.5. The number of ether oxygens (including phenoxy) is 1. The van der Waals surface area contributed by atoms with Gasteiger partial charge in [0.05, 0.1) is 16.7 Å². The Morgan fingerprint density at radius 3 is 2.46 bits per heavy atom. The highest BCUT2D eigenvalue weighted by Gasteiger charge is 2.11. The molecule has 0 bridgehead atoms. The molecule has 0 amide bonds. The number of aliphatic carboxylic acids is 1. The van der Waals surface area contributed by atoms with E-state index in [1.807, 2.05) is 0 Å². The Labute approximate surface area is 153 Å². The van der Waals surface area contributed by atoms with Crippen molar-refractivity contribution in [3.8, 4) is 11.8 Å². The van der Waals surface area contributed by atoms with Crippen LogP contribution in [0.5, 0.6) is 5.75 Å². The van der Waals surface area contributed by atoms with Gasteiger partial charge >= 0.3 is 5.97 Å². The topological polar surface area (TPSA) is 70.3 Å². The van der Waals surface area contributed by atoms with E-state index in [0.717, 1.165) is 0 Å². The predicted molar refractivity (Wildman–Crippen MR) is 94.5 cm³/mol. The average Bonchev–Trinajstić information content (AvgIpc) is 2.52. The quantitative estimate of drug-likeness (QED) is 0.572. The van der Waals surface area contributed by atoms with Gasteiger partial charge in [0.1, 0.15) is 5.75 Å². The number of carboxylic acids is 1. The summed E-state index contributed by atoms with van der Waals surface area (Å²) in [6.07, 6.45) is 1.53. The molecule has 0 heterocycles. The van der Waals surface area contributed by atoms with E-state index in [9.17, 15) is 10.1 Å². The maximum Gasteiger partial charge on any atom is 0.341 e. The third kappa shape index (κ3) is 4.65. The van der Waals surface area contributed by atoms with Crippen LogP contribution in [-0.2, 0) is 4.79 Å². The third-order valence-corrected chi connectivity index (χ3v) is 3.75. The van der Waals surface area contributed by atoms with Gasteiger partial charge in [0, 0.05) is 21.2 Å². The maximum absolute atomic E-state index is 10.7. The first-order chi connectivity index (χ1) is 11.4. The minimum Gasteiger partial charge on any atom is -0.481 e. The first-order valence-corrected chi connectivity index (χ1v) is 7.75. The molecule has 0 atom stereocenters. The van der Waals surface area contributed by atoms with Crippen molar-refractivity contribution in [3.05, 3.63) is 62.6 Å². The van der Waals surface area contributed by atoms with Crippen LogP contribution in [0.15, 0.2) is 36.4 Å². The van der Waals surface area contributed by atoms with Gasteiger partial charge < -0.3 is 9.84 Å². The largest absolute Gasteiger partial charge is 0.481 e. The Balaban J connectivity index is 2.49. The van der Waals surface area contributed by atoms with Crippen molar-refractivity contribution in [2.45, 2.75) is 0 Å². The highest BCUT2D eigenvalue weighted by Crippen LogP contribution is 2.31. The normalized spacial score (nSPS) is 11.0. The molecule has 4 nitrogen and oxygen atoms in total. The lowest BCUT2D eigenvalue weighted by Gasteiger charge is -2.09. The van der Waals surface area contributed by atoms with Gasteiger partial charge in [0.2, 0.25) is 0 Å². The monoisotopic (exact) mass is 381 g/mol. The molecule has 0 aromatic heterocycles. The van der Waals surface area contributed by atoms with E-state index in [4.69, 9.17) is 44.6 Å².